The molecule has 1 aromatic rings. The second-order valence-electron chi connectivity index (χ2n) is 5.43. The molecule has 0 radical (unpaired) electrons. The van der Waals surface area contributed by atoms with Gasteiger partial charge in [0.15, 0.2) is 0 Å². The number of rotatable bonds is 3. The summed E-state index contributed by atoms with van der Waals surface area (Å²) in [7, 11) is -3.73. The van der Waals surface area contributed by atoms with Gasteiger partial charge in [-0.05, 0) is 19.9 Å². The molecule has 1 aliphatic heterocycles. The van der Waals surface area contributed by atoms with Gasteiger partial charge in [0.1, 0.15) is 4.90 Å². The standard InChI is InChI=1S/C12H17N3O4S2/c1-12(2)8-14(5-6-20-12)21(18,19)11-4-3-9(15(16)17)7-10(11)13/h3-4,7H,5-6,8,13H2,1-2H3. The Morgan fingerprint density at radius 1 is 1.43 bits per heavy atom. The summed E-state index contributed by atoms with van der Waals surface area (Å²) in [5.41, 5.74) is 5.39. The van der Waals surface area contributed by atoms with Gasteiger partial charge in [-0.15, -0.1) is 0 Å². The second-order valence-corrected chi connectivity index (χ2v) is 9.13. The SMILES string of the molecule is CC1(C)CN(S(=O)(=O)c2ccc([N+](=O)[O-])cc2N)CCS1. The normalized spacial score (nSPS) is 19.3. The second kappa shape index (κ2) is 5.47. The third-order valence-corrected chi connectivity index (χ3v) is 6.43. The number of nitro groups is 1. The van der Waals surface area contributed by atoms with Crippen LogP contribution in [0.2, 0.25) is 0 Å². The van der Waals surface area contributed by atoms with E-state index in [1.807, 2.05) is 13.8 Å². The van der Waals surface area contributed by atoms with Gasteiger partial charge in [0, 0.05) is 35.7 Å². The maximum Gasteiger partial charge on any atom is 0.271 e. The van der Waals surface area contributed by atoms with Crippen molar-refractivity contribution in [1.29, 1.82) is 0 Å². The van der Waals surface area contributed by atoms with Gasteiger partial charge < -0.3 is 5.73 Å². The number of nitrogens with two attached hydrogens (primary N) is 1. The van der Waals surface area contributed by atoms with Crippen LogP contribution in [0.4, 0.5) is 11.4 Å². The van der Waals surface area contributed by atoms with Crippen molar-refractivity contribution in [3.63, 3.8) is 0 Å². The van der Waals surface area contributed by atoms with Crippen molar-refractivity contribution in [2.45, 2.75) is 23.5 Å². The molecule has 0 unspecified atom stereocenters. The van der Waals surface area contributed by atoms with Crippen molar-refractivity contribution in [2.75, 3.05) is 24.6 Å². The number of sulfonamides is 1. The van der Waals surface area contributed by atoms with Crippen molar-refractivity contribution in [2.24, 2.45) is 0 Å². The number of nitro benzene ring substituents is 1. The molecular weight excluding hydrogens is 314 g/mol. The summed E-state index contributed by atoms with van der Waals surface area (Å²) in [5, 5.41) is 10.7. The van der Waals surface area contributed by atoms with Gasteiger partial charge in [-0.3, -0.25) is 10.1 Å². The molecule has 1 fully saturated rings. The van der Waals surface area contributed by atoms with E-state index >= 15 is 0 Å². The molecule has 116 valence electrons. The Kier molecular flexibility index (Phi) is 4.18. The van der Waals surface area contributed by atoms with Gasteiger partial charge in [-0.1, -0.05) is 0 Å². The number of benzene rings is 1. The average molecular weight is 331 g/mol. The minimum atomic E-state index is -3.73. The smallest absolute Gasteiger partial charge is 0.271 e. The van der Waals surface area contributed by atoms with Crippen molar-refractivity contribution in [1.82, 2.24) is 4.31 Å². The molecule has 21 heavy (non-hydrogen) atoms. The third kappa shape index (κ3) is 3.30. The highest BCUT2D eigenvalue weighted by atomic mass is 32.2. The van der Waals surface area contributed by atoms with E-state index in [0.717, 1.165) is 12.1 Å². The molecular formula is C12H17N3O4S2. The molecule has 0 aromatic heterocycles. The van der Waals surface area contributed by atoms with Crippen molar-refractivity contribution < 1.29 is 13.3 Å². The molecule has 0 atom stereocenters. The lowest BCUT2D eigenvalue weighted by Crippen LogP contribution is -2.46. The highest BCUT2D eigenvalue weighted by Crippen LogP contribution is 2.34. The zero-order valence-electron chi connectivity index (χ0n) is 11.8. The predicted molar refractivity (Wildman–Crippen MR) is 82.8 cm³/mol. The number of non-ortho nitro benzene ring substituents is 1. The Morgan fingerprint density at radius 3 is 2.62 bits per heavy atom. The van der Waals surface area contributed by atoms with Crippen molar-refractivity contribution in [3.8, 4) is 0 Å². The molecule has 1 heterocycles. The molecule has 0 saturated carbocycles. The summed E-state index contributed by atoms with van der Waals surface area (Å²) in [4.78, 5) is 10.0. The fourth-order valence-corrected chi connectivity index (χ4v) is 5.21. The van der Waals surface area contributed by atoms with Gasteiger partial charge >= 0.3 is 0 Å². The van der Waals surface area contributed by atoms with Crippen LogP contribution in [-0.2, 0) is 10.0 Å². The zero-order chi connectivity index (χ0) is 15.8. The topological polar surface area (TPSA) is 107 Å². The summed E-state index contributed by atoms with van der Waals surface area (Å²) in [6.07, 6.45) is 0. The van der Waals surface area contributed by atoms with Crippen molar-refractivity contribution in [3.05, 3.63) is 28.3 Å². The highest BCUT2D eigenvalue weighted by molar-refractivity contribution is 8.00. The Morgan fingerprint density at radius 2 is 2.10 bits per heavy atom. The minimum absolute atomic E-state index is 0.0733. The summed E-state index contributed by atoms with van der Waals surface area (Å²) < 4.78 is 26.5. The Bertz CT molecular complexity index is 673. The van der Waals surface area contributed by atoms with E-state index in [2.05, 4.69) is 0 Å². The zero-order valence-corrected chi connectivity index (χ0v) is 13.4. The largest absolute Gasteiger partial charge is 0.397 e. The van der Waals surface area contributed by atoms with E-state index in [9.17, 15) is 18.5 Å². The Hall–Kier alpha value is -1.32. The van der Waals surface area contributed by atoms with Gasteiger partial charge in [0.05, 0.1) is 10.6 Å². The molecule has 9 heteroatoms. The molecule has 1 saturated heterocycles. The minimum Gasteiger partial charge on any atom is -0.397 e. The average Bonchev–Trinajstić information content (AvgIpc) is 2.36. The monoisotopic (exact) mass is 331 g/mol. The van der Waals surface area contributed by atoms with Gasteiger partial charge in [-0.25, -0.2) is 8.42 Å². The lowest BCUT2D eigenvalue weighted by Gasteiger charge is -2.36. The molecule has 2 rings (SSSR count). The molecule has 0 bridgehead atoms. The number of anilines is 1. The van der Waals surface area contributed by atoms with Crippen LogP contribution in [0.3, 0.4) is 0 Å². The number of hydrogen-bond donors (Lipinski definition) is 1. The Labute approximate surface area is 127 Å². The van der Waals surface area contributed by atoms with Gasteiger partial charge in [0.25, 0.3) is 5.69 Å². The number of hydrogen-bond acceptors (Lipinski definition) is 6. The first kappa shape index (κ1) is 16.1. The lowest BCUT2D eigenvalue weighted by atomic mass is 10.2. The highest BCUT2D eigenvalue weighted by Gasteiger charge is 2.35. The third-order valence-electron chi connectivity index (χ3n) is 3.21. The first-order valence-electron chi connectivity index (χ1n) is 6.31. The molecule has 1 aliphatic rings. The van der Waals surface area contributed by atoms with Gasteiger partial charge in [0.2, 0.25) is 10.0 Å². The van der Waals surface area contributed by atoms with E-state index in [1.165, 1.54) is 10.4 Å². The number of nitrogens with zero attached hydrogens (tertiary/aromatic N) is 2. The predicted octanol–water partition coefficient (Wildman–Crippen LogP) is 1.69. The Balaban J connectivity index is 2.38. The van der Waals surface area contributed by atoms with E-state index in [-0.39, 0.29) is 21.0 Å². The van der Waals surface area contributed by atoms with Crippen LogP contribution in [0.1, 0.15) is 13.8 Å². The molecule has 7 nitrogen and oxygen atoms in total. The van der Waals surface area contributed by atoms with Crippen LogP contribution in [0.5, 0.6) is 0 Å². The molecule has 2 N–H and O–H groups in total. The van der Waals surface area contributed by atoms with Crippen LogP contribution in [0.25, 0.3) is 0 Å². The van der Waals surface area contributed by atoms with E-state index in [0.29, 0.717) is 18.8 Å². The summed E-state index contributed by atoms with van der Waals surface area (Å²) in [6.45, 7) is 4.76. The molecule has 0 spiro atoms. The quantitative estimate of drug-likeness (QED) is 0.513. The van der Waals surface area contributed by atoms with E-state index in [1.54, 1.807) is 11.8 Å². The fourth-order valence-electron chi connectivity index (χ4n) is 2.20. The maximum atomic E-state index is 12.6. The van der Waals surface area contributed by atoms with Crippen LogP contribution in [-0.4, -0.2) is 41.2 Å². The van der Waals surface area contributed by atoms with Crippen LogP contribution in [0.15, 0.2) is 23.1 Å². The van der Waals surface area contributed by atoms with Crippen LogP contribution in [0, 0.1) is 10.1 Å². The summed E-state index contributed by atoms with van der Waals surface area (Å²) in [5.74, 6) is 0.707. The first-order chi connectivity index (χ1) is 9.63. The van der Waals surface area contributed by atoms with Crippen molar-refractivity contribution >= 4 is 33.2 Å². The molecule has 0 aliphatic carbocycles. The number of thioether (sulfide) groups is 1. The van der Waals surface area contributed by atoms with Crippen LogP contribution < -0.4 is 5.73 Å². The van der Waals surface area contributed by atoms with Crippen LogP contribution >= 0.6 is 11.8 Å². The molecule has 1 aromatic carbocycles. The first-order valence-corrected chi connectivity index (χ1v) is 8.74. The maximum absolute atomic E-state index is 12.6. The van der Waals surface area contributed by atoms with E-state index < -0.39 is 14.9 Å². The van der Waals surface area contributed by atoms with Gasteiger partial charge in [-0.2, -0.15) is 16.1 Å². The summed E-state index contributed by atoms with van der Waals surface area (Å²) in [6, 6.07) is 3.45. The van der Waals surface area contributed by atoms with E-state index in [4.69, 9.17) is 5.73 Å². The fraction of sp³-hybridized carbons (Fsp3) is 0.500. The number of nitrogen functional groups attached to an aromatic ring is 1. The summed E-state index contributed by atoms with van der Waals surface area (Å²) >= 11 is 1.72. The lowest BCUT2D eigenvalue weighted by molar-refractivity contribution is -0.384. The molecule has 0 amide bonds.